The third kappa shape index (κ3) is 3.15. The fraction of sp³-hybridized carbons (Fsp3) is 0.765. The fourth-order valence-corrected chi connectivity index (χ4v) is 5.36. The number of amides is 1. The van der Waals surface area contributed by atoms with Crippen molar-refractivity contribution in [3.05, 3.63) is 15.6 Å². The molecule has 0 saturated carbocycles. The van der Waals surface area contributed by atoms with Crippen molar-refractivity contribution in [2.45, 2.75) is 51.1 Å². The minimum atomic E-state index is -0.365. The zero-order valence-corrected chi connectivity index (χ0v) is 14.3. The molecule has 23 heavy (non-hydrogen) atoms. The van der Waals surface area contributed by atoms with Crippen LogP contribution in [-0.2, 0) is 24.2 Å². The molecule has 1 aliphatic carbocycles. The summed E-state index contributed by atoms with van der Waals surface area (Å²) in [6.45, 7) is 3.23. The third-order valence-electron chi connectivity index (χ3n) is 5.45. The standard InChI is InChI=1S/C17H24FN3OS/c18-9-12-8-17(22)21(10-12)13-4-6-20(7-5-13)11-16-19-14-2-1-3-15(14)23-16/h12-13H,1-11H2. The molecule has 0 aromatic carbocycles. The number of aromatic nitrogens is 1. The molecule has 0 bridgehead atoms. The predicted molar refractivity (Wildman–Crippen MR) is 88.2 cm³/mol. The van der Waals surface area contributed by atoms with Crippen LogP contribution < -0.4 is 0 Å². The summed E-state index contributed by atoms with van der Waals surface area (Å²) in [6.07, 6.45) is 6.05. The molecule has 2 aliphatic heterocycles. The molecule has 4 rings (SSSR count). The number of rotatable bonds is 4. The van der Waals surface area contributed by atoms with Crippen LogP contribution in [0, 0.1) is 5.92 Å². The fourth-order valence-electron chi connectivity index (χ4n) is 4.16. The van der Waals surface area contributed by atoms with Crippen LogP contribution in [0.5, 0.6) is 0 Å². The zero-order chi connectivity index (χ0) is 15.8. The number of alkyl halides is 1. The lowest BCUT2D eigenvalue weighted by Crippen LogP contribution is -2.45. The second-order valence-electron chi connectivity index (χ2n) is 7.11. The van der Waals surface area contributed by atoms with E-state index in [0.717, 1.165) is 38.9 Å². The number of carbonyl (C=O) groups is 1. The quantitative estimate of drug-likeness (QED) is 0.847. The summed E-state index contributed by atoms with van der Waals surface area (Å²) in [6, 6.07) is 0.316. The van der Waals surface area contributed by atoms with Crippen LogP contribution in [0.3, 0.4) is 0 Å². The van der Waals surface area contributed by atoms with Gasteiger partial charge in [0.1, 0.15) is 5.01 Å². The van der Waals surface area contributed by atoms with E-state index in [9.17, 15) is 9.18 Å². The van der Waals surface area contributed by atoms with Crippen molar-refractivity contribution < 1.29 is 9.18 Å². The molecule has 0 spiro atoms. The number of fused-ring (bicyclic) bond motifs is 1. The van der Waals surface area contributed by atoms with Crippen LogP contribution >= 0.6 is 11.3 Å². The monoisotopic (exact) mass is 337 g/mol. The molecule has 6 heteroatoms. The highest BCUT2D eigenvalue weighted by Crippen LogP contribution is 2.30. The molecule has 3 heterocycles. The van der Waals surface area contributed by atoms with Crippen molar-refractivity contribution in [3.8, 4) is 0 Å². The lowest BCUT2D eigenvalue weighted by molar-refractivity contribution is -0.130. The highest BCUT2D eigenvalue weighted by atomic mass is 32.1. The van der Waals surface area contributed by atoms with Gasteiger partial charge in [-0.25, -0.2) is 4.98 Å². The summed E-state index contributed by atoms with van der Waals surface area (Å²) in [4.78, 5) is 22.7. The number of hydrogen-bond acceptors (Lipinski definition) is 4. The molecule has 1 amide bonds. The predicted octanol–water partition coefficient (Wildman–Crippen LogP) is 2.41. The average molecular weight is 337 g/mol. The lowest BCUT2D eigenvalue weighted by Gasteiger charge is -2.36. The Morgan fingerprint density at radius 2 is 2.09 bits per heavy atom. The first-order valence-corrected chi connectivity index (χ1v) is 9.60. The topological polar surface area (TPSA) is 36.4 Å². The van der Waals surface area contributed by atoms with Gasteiger partial charge in [-0.15, -0.1) is 11.3 Å². The maximum atomic E-state index is 12.8. The van der Waals surface area contributed by atoms with Gasteiger partial charge in [0, 0.05) is 42.9 Å². The largest absolute Gasteiger partial charge is 0.339 e. The molecule has 1 atom stereocenters. The summed E-state index contributed by atoms with van der Waals surface area (Å²) >= 11 is 1.89. The van der Waals surface area contributed by atoms with Gasteiger partial charge in [0.15, 0.2) is 0 Å². The van der Waals surface area contributed by atoms with Gasteiger partial charge >= 0.3 is 0 Å². The summed E-state index contributed by atoms with van der Waals surface area (Å²) in [5, 5.41) is 1.25. The van der Waals surface area contributed by atoms with Gasteiger partial charge in [0.25, 0.3) is 0 Å². The van der Waals surface area contributed by atoms with Crippen molar-refractivity contribution in [2.24, 2.45) is 5.92 Å². The molecule has 1 unspecified atom stereocenters. The molecule has 3 aliphatic rings. The average Bonchev–Trinajstić information content (AvgIpc) is 3.22. The van der Waals surface area contributed by atoms with Crippen molar-refractivity contribution in [1.29, 1.82) is 0 Å². The number of likely N-dealkylation sites (tertiary alicyclic amines) is 2. The maximum Gasteiger partial charge on any atom is 0.223 e. The van der Waals surface area contributed by atoms with Gasteiger partial charge in [0.05, 0.1) is 18.9 Å². The van der Waals surface area contributed by atoms with Gasteiger partial charge in [-0.2, -0.15) is 0 Å². The van der Waals surface area contributed by atoms with E-state index in [0.29, 0.717) is 19.0 Å². The summed E-state index contributed by atoms with van der Waals surface area (Å²) in [7, 11) is 0. The SMILES string of the molecule is O=C1CC(CF)CN1C1CCN(Cc2nc3c(s2)CCC3)CC1. The number of thiazole rings is 1. The Kier molecular flexibility index (Phi) is 4.37. The lowest BCUT2D eigenvalue weighted by atomic mass is 10.0. The second-order valence-corrected chi connectivity index (χ2v) is 8.28. The van der Waals surface area contributed by atoms with Crippen LogP contribution in [0.2, 0.25) is 0 Å². The van der Waals surface area contributed by atoms with E-state index >= 15 is 0 Å². The summed E-state index contributed by atoms with van der Waals surface area (Å²) in [5.74, 6) is 0.0840. The van der Waals surface area contributed by atoms with Crippen LogP contribution in [0.4, 0.5) is 4.39 Å². The molecular weight excluding hydrogens is 313 g/mol. The first-order valence-electron chi connectivity index (χ1n) is 8.78. The Balaban J connectivity index is 1.30. The molecule has 0 N–H and O–H groups in total. The summed E-state index contributed by atoms with van der Waals surface area (Å²) < 4.78 is 12.8. The smallest absolute Gasteiger partial charge is 0.223 e. The number of hydrogen-bond donors (Lipinski definition) is 0. The van der Waals surface area contributed by atoms with Gasteiger partial charge in [-0.05, 0) is 32.1 Å². The molecule has 1 aromatic rings. The van der Waals surface area contributed by atoms with E-state index < -0.39 is 0 Å². The normalized spacial score (nSPS) is 26.2. The van der Waals surface area contributed by atoms with Gasteiger partial charge in [0.2, 0.25) is 5.91 Å². The van der Waals surface area contributed by atoms with E-state index in [1.165, 1.54) is 28.4 Å². The Morgan fingerprint density at radius 3 is 2.78 bits per heavy atom. The number of aryl methyl sites for hydroxylation is 2. The Morgan fingerprint density at radius 1 is 1.26 bits per heavy atom. The van der Waals surface area contributed by atoms with Crippen molar-refractivity contribution >= 4 is 17.2 Å². The van der Waals surface area contributed by atoms with Gasteiger partial charge in [-0.1, -0.05) is 0 Å². The molecule has 0 radical (unpaired) electrons. The van der Waals surface area contributed by atoms with Crippen LogP contribution in [0.1, 0.15) is 41.3 Å². The summed E-state index contributed by atoms with van der Waals surface area (Å²) in [5.41, 5.74) is 1.33. The van der Waals surface area contributed by atoms with Crippen molar-refractivity contribution in [3.63, 3.8) is 0 Å². The van der Waals surface area contributed by atoms with Gasteiger partial charge < -0.3 is 4.90 Å². The van der Waals surface area contributed by atoms with E-state index in [4.69, 9.17) is 4.98 Å². The minimum absolute atomic E-state index is 0.0711. The van der Waals surface area contributed by atoms with Crippen LogP contribution in [0.15, 0.2) is 0 Å². The Hall–Kier alpha value is -1.01. The van der Waals surface area contributed by atoms with E-state index in [-0.39, 0.29) is 18.5 Å². The Labute approximate surface area is 140 Å². The highest BCUT2D eigenvalue weighted by molar-refractivity contribution is 7.11. The molecule has 1 aromatic heterocycles. The van der Waals surface area contributed by atoms with Crippen LogP contribution in [0.25, 0.3) is 0 Å². The van der Waals surface area contributed by atoms with Crippen LogP contribution in [-0.4, -0.2) is 53.0 Å². The maximum absolute atomic E-state index is 12.8. The number of piperidine rings is 1. The molecule has 126 valence electrons. The van der Waals surface area contributed by atoms with E-state index in [1.807, 2.05) is 16.2 Å². The second kappa shape index (κ2) is 6.48. The minimum Gasteiger partial charge on any atom is -0.339 e. The number of nitrogens with zero attached hydrogens (tertiary/aromatic N) is 3. The molecule has 4 nitrogen and oxygen atoms in total. The molecule has 2 saturated heterocycles. The van der Waals surface area contributed by atoms with Crippen molar-refractivity contribution in [2.75, 3.05) is 26.3 Å². The van der Waals surface area contributed by atoms with E-state index in [2.05, 4.69) is 4.90 Å². The third-order valence-corrected chi connectivity index (χ3v) is 6.60. The molecule has 2 fully saturated rings. The molecular formula is C17H24FN3OS. The zero-order valence-electron chi connectivity index (χ0n) is 13.5. The van der Waals surface area contributed by atoms with Gasteiger partial charge in [-0.3, -0.25) is 14.1 Å². The first kappa shape index (κ1) is 15.5. The number of carbonyl (C=O) groups excluding carboxylic acids is 1. The van der Waals surface area contributed by atoms with Crippen molar-refractivity contribution in [1.82, 2.24) is 14.8 Å². The number of halogens is 1. The first-order chi connectivity index (χ1) is 11.2. The highest BCUT2D eigenvalue weighted by Gasteiger charge is 2.35. The Bertz CT molecular complexity index is 561. The van der Waals surface area contributed by atoms with E-state index in [1.54, 1.807) is 0 Å².